The van der Waals surface area contributed by atoms with E-state index in [1.54, 1.807) is 6.20 Å². The van der Waals surface area contributed by atoms with Crippen LogP contribution in [0.1, 0.15) is 31.2 Å². The Kier molecular flexibility index (Phi) is 4.77. The van der Waals surface area contributed by atoms with Gasteiger partial charge >= 0.3 is 0 Å². The first kappa shape index (κ1) is 12.8. The van der Waals surface area contributed by atoms with Crippen molar-refractivity contribution in [3.8, 4) is 0 Å². The van der Waals surface area contributed by atoms with E-state index in [0.29, 0.717) is 11.2 Å². The summed E-state index contributed by atoms with van der Waals surface area (Å²) < 4.78 is 0. The molecule has 0 bridgehead atoms. The Balaban J connectivity index is 1.95. The minimum atomic E-state index is 0.264. The number of nitrogens with zero attached hydrogens (tertiary/aromatic N) is 2. The Bertz CT molecular complexity index is 355. The minimum Gasteiger partial charge on any atom is -0.396 e. The van der Waals surface area contributed by atoms with Gasteiger partial charge in [0.2, 0.25) is 0 Å². The van der Waals surface area contributed by atoms with E-state index in [4.69, 9.17) is 16.7 Å². The number of aliphatic hydroxyl groups is 1. The third-order valence-electron chi connectivity index (χ3n) is 3.37. The van der Waals surface area contributed by atoms with Crippen LogP contribution in [0, 0.1) is 0 Å². The highest BCUT2D eigenvalue weighted by Gasteiger charge is 2.24. The fourth-order valence-corrected chi connectivity index (χ4v) is 2.39. The molecule has 17 heavy (non-hydrogen) atoms. The first-order valence-corrected chi connectivity index (χ1v) is 6.63. The lowest BCUT2D eigenvalue weighted by atomic mass is 9.91. The molecule has 0 spiro atoms. The molecule has 1 aromatic heterocycles. The van der Waals surface area contributed by atoms with Gasteiger partial charge in [-0.1, -0.05) is 18.0 Å². The third-order valence-corrected chi connectivity index (χ3v) is 3.58. The second-order valence-electron chi connectivity index (χ2n) is 4.62. The Hall–Kier alpha value is -0.640. The summed E-state index contributed by atoms with van der Waals surface area (Å²) >= 11 is 5.89. The van der Waals surface area contributed by atoms with E-state index < -0.39 is 0 Å². The van der Waals surface area contributed by atoms with Gasteiger partial charge in [0, 0.05) is 31.9 Å². The summed E-state index contributed by atoms with van der Waals surface area (Å²) in [5.74, 6) is 0. The SMILES string of the molecule is OCCCN(Cc1ccnc(Cl)c1)C1CCC1. The molecule has 0 radical (unpaired) electrons. The van der Waals surface area contributed by atoms with Crippen molar-refractivity contribution in [3.63, 3.8) is 0 Å². The summed E-state index contributed by atoms with van der Waals surface area (Å²) in [5.41, 5.74) is 1.20. The third kappa shape index (κ3) is 3.66. The summed E-state index contributed by atoms with van der Waals surface area (Å²) in [4.78, 5) is 6.44. The maximum absolute atomic E-state index is 8.94. The van der Waals surface area contributed by atoms with E-state index >= 15 is 0 Å². The zero-order valence-electron chi connectivity index (χ0n) is 9.98. The van der Waals surface area contributed by atoms with Crippen LogP contribution < -0.4 is 0 Å². The minimum absolute atomic E-state index is 0.264. The lowest BCUT2D eigenvalue weighted by Crippen LogP contribution is -2.40. The number of aromatic nitrogens is 1. The van der Waals surface area contributed by atoms with Crippen LogP contribution in [0.4, 0.5) is 0 Å². The predicted octanol–water partition coefficient (Wildman–Crippen LogP) is 2.47. The number of hydrogen-bond donors (Lipinski definition) is 1. The van der Waals surface area contributed by atoms with Gasteiger partial charge in [-0.25, -0.2) is 4.98 Å². The molecular weight excluding hydrogens is 236 g/mol. The van der Waals surface area contributed by atoms with Crippen LogP contribution in [0.5, 0.6) is 0 Å². The van der Waals surface area contributed by atoms with Crippen LogP contribution in [0.15, 0.2) is 18.3 Å². The van der Waals surface area contributed by atoms with Crippen molar-refractivity contribution >= 4 is 11.6 Å². The smallest absolute Gasteiger partial charge is 0.129 e. The first-order chi connectivity index (χ1) is 8.29. The zero-order chi connectivity index (χ0) is 12.1. The highest BCUT2D eigenvalue weighted by atomic mass is 35.5. The van der Waals surface area contributed by atoms with Gasteiger partial charge in [-0.3, -0.25) is 4.90 Å². The number of aliphatic hydroxyl groups excluding tert-OH is 1. The van der Waals surface area contributed by atoms with E-state index in [-0.39, 0.29) is 6.61 Å². The molecule has 2 rings (SSSR count). The van der Waals surface area contributed by atoms with Gasteiger partial charge in [0.1, 0.15) is 5.15 Å². The second-order valence-corrected chi connectivity index (χ2v) is 5.01. The summed E-state index contributed by atoms with van der Waals surface area (Å²) in [6.07, 6.45) is 6.49. The van der Waals surface area contributed by atoms with Crippen molar-refractivity contribution in [1.82, 2.24) is 9.88 Å². The van der Waals surface area contributed by atoms with E-state index in [9.17, 15) is 0 Å². The Morgan fingerprint density at radius 2 is 2.29 bits per heavy atom. The quantitative estimate of drug-likeness (QED) is 0.793. The predicted molar refractivity (Wildman–Crippen MR) is 69.0 cm³/mol. The van der Waals surface area contributed by atoms with Crippen LogP contribution in [0.25, 0.3) is 0 Å². The zero-order valence-corrected chi connectivity index (χ0v) is 10.7. The van der Waals surface area contributed by atoms with Crippen molar-refractivity contribution < 1.29 is 5.11 Å². The normalized spacial score (nSPS) is 16.2. The van der Waals surface area contributed by atoms with E-state index in [1.807, 2.05) is 12.1 Å². The highest BCUT2D eigenvalue weighted by Crippen LogP contribution is 2.26. The molecule has 1 fully saturated rings. The van der Waals surface area contributed by atoms with Crippen LogP contribution in [-0.4, -0.2) is 34.2 Å². The van der Waals surface area contributed by atoms with E-state index in [1.165, 1.54) is 24.8 Å². The molecule has 94 valence electrons. The number of hydrogen-bond acceptors (Lipinski definition) is 3. The molecule has 0 aliphatic heterocycles. The van der Waals surface area contributed by atoms with E-state index in [0.717, 1.165) is 19.5 Å². The molecule has 0 aromatic carbocycles. The Morgan fingerprint density at radius 3 is 2.88 bits per heavy atom. The van der Waals surface area contributed by atoms with Gasteiger partial charge in [-0.2, -0.15) is 0 Å². The van der Waals surface area contributed by atoms with Crippen molar-refractivity contribution in [2.75, 3.05) is 13.2 Å². The van der Waals surface area contributed by atoms with Gasteiger partial charge in [0.05, 0.1) is 0 Å². The highest BCUT2D eigenvalue weighted by molar-refractivity contribution is 6.29. The molecule has 1 saturated carbocycles. The van der Waals surface area contributed by atoms with Crippen molar-refractivity contribution in [2.24, 2.45) is 0 Å². The lowest BCUT2D eigenvalue weighted by Gasteiger charge is -2.37. The van der Waals surface area contributed by atoms with Crippen LogP contribution in [-0.2, 0) is 6.54 Å². The molecule has 1 aliphatic rings. The molecule has 0 saturated heterocycles. The lowest BCUT2D eigenvalue weighted by molar-refractivity contribution is 0.109. The Labute approximate surface area is 107 Å². The van der Waals surface area contributed by atoms with Crippen molar-refractivity contribution in [3.05, 3.63) is 29.0 Å². The molecule has 1 N–H and O–H groups in total. The Morgan fingerprint density at radius 1 is 1.47 bits per heavy atom. The number of rotatable bonds is 6. The summed E-state index contributed by atoms with van der Waals surface area (Å²) in [7, 11) is 0. The van der Waals surface area contributed by atoms with Crippen LogP contribution >= 0.6 is 11.6 Å². The number of pyridine rings is 1. The molecule has 0 unspecified atom stereocenters. The van der Waals surface area contributed by atoms with Crippen molar-refractivity contribution in [1.29, 1.82) is 0 Å². The topological polar surface area (TPSA) is 36.4 Å². The van der Waals surface area contributed by atoms with Gasteiger partial charge < -0.3 is 5.11 Å². The molecule has 1 heterocycles. The van der Waals surface area contributed by atoms with Gasteiger partial charge in [-0.15, -0.1) is 0 Å². The summed E-state index contributed by atoms with van der Waals surface area (Å²) in [5, 5.41) is 9.49. The molecular formula is C13H19ClN2O. The monoisotopic (exact) mass is 254 g/mol. The first-order valence-electron chi connectivity index (χ1n) is 6.25. The average molecular weight is 255 g/mol. The largest absolute Gasteiger partial charge is 0.396 e. The fraction of sp³-hybridized carbons (Fsp3) is 0.615. The number of halogens is 1. The molecule has 1 aromatic rings. The van der Waals surface area contributed by atoms with Crippen molar-refractivity contribution in [2.45, 2.75) is 38.3 Å². The van der Waals surface area contributed by atoms with Crippen LogP contribution in [0.2, 0.25) is 5.15 Å². The fourth-order valence-electron chi connectivity index (χ4n) is 2.19. The molecule has 3 nitrogen and oxygen atoms in total. The standard InChI is InChI=1S/C13H19ClN2O/c14-13-9-11(5-6-15-13)10-16(7-2-8-17)12-3-1-4-12/h5-6,9,12,17H,1-4,7-8,10H2. The maximum Gasteiger partial charge on any atom is 0.129 e. The maximum atomic E-state index is 8.94. The summed E-state index contributed by atoms with van der Waals surface area (Å²) in [6, 6.07) is 4.62. The second kappa shape index (κ2) is 6.34. The van der Waals surface area contributed by atoms with Gasteiger partial charge in [0.25, 0.3) is 0 Å². The van der Waals surface area contributed by atoms with Gasteiger partial charge in [-0.05, 0) is 37.0 Å². The molecule has 0 atom stereocenters. The summed E-state index contributed by atoms with van der Waals surface area (Å²) in [6.45, 7) is 2.13. The van der Waals surface area contributed by atoms with Gasteiger partial charge in [0.15, 0.2) is 0 Å². The molecule has 4 heteroatoms. The molecule has 1 aliphatic carbocycles. The van der Waals surface area contributed by atoms with Crippen LogP contribution in [0.3, 0.4) is 0 Å². The average Bonchev–Trinajstić information content (AvgIpc) is 2.23. The molecule has 0 amide bonds. The van der Waals surface area contributed by atoms with E-state index in [2.05, 4.69) is 9.88 Å².